The smallest absolute Gasteiger partial charge is 0.410 e. The summed E-state index contributed by atoms with van der Waals surface area (Å²) in [7, 11) is 0. The van der Waals surface area contributed by atoms with Crippen LogP contribution in [0.1, 0.15) is 37.2 Å². The van der Waals surface area contributed by atoms with E-state index in [2.05, 4.69) is 0 Å². The zero-order chi connectivity index (χ0) is 15.8. The van der Waals surface area contributed by atoms with Gasteiger partial charge in [0.2, 0.25) is 0 Å². The topological polar surface area (TPSA) is 88.8 Å². The van der Waals surface area contributed by atoms with Crippen LogP contribution in [0.4, 0.5) is 4.79 Å². The standard InChI is InChI=1S/C14H18N2O5/c1-14(2,3)21-13(20)15-7-9(8-15)16-6-4-5-10(11(16)17)12(18)19/h4-6,9H,7-8H2,1-3H3,(H,18,19). The number of pyridine rings is 1. The maximum absolute atomic E-state index is 12.0. The molecular formula is C14H18N2O5. The van der Waals surface area contributed by atoms with E-state index in [0.717, 1.165) is 0 Å². The molecule has 21 heavy (non-hydrogen) atoms. The fraction of sp³-hybridized carbons (Fsp3) is 0.500. The minimum absolute atomic E-state index is 0.218. The number of carboxylic acids is 1. The summed E-state index contributed by atoms with van der Waals surface area (Å²) in [4.78, 5) is 36.2. The van der Waals surface area contributed by atoms with Crippen LogP contribution in [-0.2, 0) is 4.74 Å². The second kappa shape index (κ2) is 5.23. The van der Waals surface area contributed by atoms with Gasteiger partial charge in [0.05, 0.1) is 6.04 Å². The van der Waals surface area contributed by atoms with Gasteiger partial charge in [0.25, 0.3) is 5.56 Å². The van der Waals surface area contributed by atoms with Crippen molar-refractivity contribution in [2.45, 2.75) is 32.4 Å². The molecule has 0 spiro atoms. The Bertz CT molecular complexity index is 623. The Balaban J connectivity index is 2.06. The van der Waals surface area contributed by atoms with E-state index < -0.39 is 23.2 Å². The van der Waals surface area contributed by atoms with Gasteiger partial charge in [-0.05, 0) is 32.9 Å². The van der Waals surface area contributed by atoms with Crippen molar-refractivity contribution in [3.63, 3.8) is 0 Å². The molecule has 0 aromatic carbocycles. The largest absolute Gasteiger partial charge is 0.477 e. The van der Waals surface area contributed by atoms with Crippen LogP contribution in [-0.4, -0.2) is 45.3 Å². The van der Waals surface area contributed by atoms with E-state index >= 15 is 0 Å². The molecule has 0 saturated carbocycles. The van der Waals surface area contributed by atoms with Gasteiger partial charge < -0.3 is 19.3 Å². The maximum Gasteiger partial charge on any atom is 0.410 e. The number of nitrogens with zero attached hydrogens (tertiary/aromatic N) is 2. The number of carbonyl (C=O) groups excluding carboxylic acids is 1. The molecule has 7 heteroatoms. The second-order valence-electron chi connectivity index (χ2n) is 5.98. The quantitative estimate of drug-likeness (QED) is 0.889. The monoisotopic (exact) mass is 294 g/mol. The van der Waals surface area contributed by atoms with E-state index in [-0.39, 0.29) is 11.6 Å². The fourth-order valence-corrected chi connectivity index (χ4v) is 2.07. The van der Waals surface area contributed by atoms with E-state index in [9.17, 15) is 14.4 Å². The minimum atomic E-state index is -1.25. The third kappa shape index (κ3) is 3.24. The van der Waals surface area contributed by atoms with Gasteiger partial charge in [-0.25, -0.2) is 9.59 Å². The first-order chi connectivity index (χ1) is 9.69. The predicted molar refractivity (Wildman–Crippen MR) is 74.5 cm³/mol. The number of likely N-dealkylation sites (tertiary alicyclic amines) is 1. The van der Waals surface area contributed by atoms with Crippen LogP contribution in [0.25, 0.3) is 0 Å². The van der Waals surface area contributed by atoms with Crippen LogP contribution in [0.2, 0.25) is 0 Å². The lowest BCUT2D eigenvalue weighted by Crippen LogP contribution is -2.54. The zero-order valence-electron chi connectivity index (χ0n) is 12.2. The third-order valence-electron chi connectivity index (χ3n) is 3.11. The molecule has 7 nitrogen and oxygen atoms in total. The maximum atomic E-state index is 12.0. The highest BCUT2D eigenvalue weighted by atomic mass is 16.6. The molecule has 1 aliphatic rings. The number of ether oxygens (including phenoxy) is 1. The van der Waals surface area contributed by atoms with Crippen LogP contribution in [0.5, 0.6) is 0 Å². The molecule has 1 fully saturated rings. The first kappa shape index (κ1) is 15.1. The van der Waals surface area contributed by atoms with Gasteiger partial charge in [0.1, 0.15) is 11.2 Å². The van der Waals surface area contributed by atoms with Crippen molar-refractivity contribution >= 4 is 12.1 Å². The number of hydrogen-bond acceptors (Lipinski definition) is 4. The van der Waals surface area contributed by atoms with Gasteiger partial charge >= 0.3 is 12.1 Å². The summed E-state index contributed by atoms with van der Waals surface area (Å²) < 4.78 is 6.58. The number of aromatic carboxylic acids is 1. The molecular weight excluding hydrogens is 276 g/mol. The van der Waals surface area contributed by atoms with Crippen molar-refractivity contribution in [1.29, 1.82) is 0 Å². The molecule has 1 amide bonds. The molecule has 1 aromatic rings. The molecule has 0 aliphatic carbocycles. The molecule has 2 rings (SSSR count). The molecule has 114 valence electrons. The lowest BCUT2D eigenvalue weighted by Gasteiger charge is -2.40. The number of rotatable bonds is 2. The molecule has 0 radical (unpaired) electrons. The fourth-order valence-electron chi connectivity index (χ4n) is 2.07. The van der Waals surface area contributed by atoms with Gasteiger partial charge in [-0.1, -0.05) is 0 Å². The molecule has 0 atom stereocenters. The van der Waals surface area contributed by atoms with Crippen LogP contribution in [0.3, 0.4) is 0 Å². The molecule has 0 unspecified atom stereocenters. The first-order valence-electron chi connectivity index (χ1n) is 6.61. The summed E-state index contributed by atoms with van der Waals surface area (Å²) in [5.41, 5.74) is -1.39. The Morgan fingerprint density at radius 1 is 1.33 bits per heavy atom. The van der Waals surface area contributed by atoms with Crippen molar-refractivity contribution in [3.05, 3.63) is 34.2 Å². The normalized spacial score (nSPS) is 15.5. The summed E-state index contributed by atoms with van der Waals surface area (Å²) >= 11 is 0. The van der Waals surface area contributed by atoms with Gasteiger partial charge in [-0.15, -0.1) is 0 Å². The summed E-state index contributed by atoms with van der Waals surface area (Å²) in [5, 5.41) is 8.93. The highest BCUT2D eigenvalue weighted by Crippen LogP contribution is 2.22. The van der Waals surface area contributed by atoms with E-state index in [1.165, 1.54) is 27.8 Å². The van der Waals surface area contributed by atoms with Gasteiger partial charge in [0.15, 0.2) is 0 Å². The first-order valence-corrected chi connectivity index (χ1v) is 6.61. The zero-order valence-corrected chi connectivity index (χ0v) is 12.2. The average Bonchev–Trinajstić information content (AvgIpc) is 2.26. The van der Waals surface area contributed by atoms with Gasteiger partial charge in [-0.2, -0.15) is 0 Å². The lowest BCUT2D eigenvalue weighted by molar-refractivity contribution is 0.000553. The highest BCUT2D eigenvalue weighted by Gasteiger charge is 2.35. The SMILES string of the molecule is CC(C)(C)OC(=O)N1CC(n2cccc(C(=O)O)c2=O)C1. The van der Waals surface area contributed by atoms with E-state index in [1.807, 2.05) is 0 Å². The van der Waals surface area contributed by atoms with E-state index in [0.29, 0.717) is 13.1 Å². The lowest BCUT2D eigenvalue weighted by atomic mass is 10.1. The third-order valence-corrected chi connectivity index (χ3v) is 3.11. The minimum Gasteiger partial charge on any atom is -0.477 e. The number of hydrogen-bond donors (Lipinski definition) is 1. The Labute approximate surface area is 121 Å². The molecule has 0 bridgehead atoms. The Hall–Kier alpha value is -2.31. The van der Waals surface area contributed by atoms with Crippen molar-refractivity contribution in [1.82, 2.24) is 9.47 Å². The van der Waals surface area contributed by atoms with Crippen molar-refractivity contribution < 1.29 is 19.4 Å². The van der Waals surface area contributed by atoms with Crippen LogP contribution in [0.15, 0.2) is 23.1 Å². The predicted octanol–water partition coefficient (Wildman–Crippen LogP) is 1.34. The number of carboxylic acid groups (broad SMARTS) is 1. The van der Waals surface area contributed by atoms with Gasteiger partial charge in [0, 0.05) is 19.3 Å². The Morgan fingerprint density at radius 2 is 1.95 bits per heavy atom. The average molecular weight is 294 g/mol. The van der Waals surface area contributed by atoms with E-state index in [4.69, 9.17) is 9.84 Å². The molecule has 2 heterocycles. The van der Waals surface area contributed by atoms with E-state index in [1.54, 1.807) is 20.8 Å². The number of amides is 1. The van der Waals surface area contributed by atoms with Gasteiger partial charge in [-0.3, -0.25) is 4.79 Å². The Morgan fingerprint density at radius 3 is 2.48 bits per heavy atom. The summed E-state index contributed by atoms with van der Waals surface area (Å²) in [6, 6.07) is 2.57. The Kier molecular flexibility index (Phi) is 3.76. The summed E-state index contributed by atoms with van der Waals surface area (Å²) in [6.07, 6.45) is 1.10. The highest BCUT2D eigenvalue weighted by molar-refractivity contribution is 5.87. The van der Waals surface area contributed by atoms with Crippen molar-refractivity contribution in [2.75, 3.05) is 13.1 Å². The molecule has 1 saturated heterocycles. The van der Waals surface area contributed by atoms with Crippen LogP contribution in [0, 0.1) is 0 Å². The van der Waals surface area contributed by atoms with Crippen LogP contribution < -0.4 is 5.56 Å². The summed E-state index contributed by atoms with van der Waals surface area (Å²) in [6.45, 7) is 6.00. The summed E-state index contributed by atoms with van der Waals surface area (Å²) in [5.74, 6) is -1.25. The van der Waals surface area contributed by atoms with Crippen LogP contribution >= 0.6 is 0 Å². The number of carbonyl (C=O) groups is 2. The molecule has 1 N–H and O–H groups in total. The van der Waals surface area contributed by atoms with Crippen molar-refractivity contribution in [3.8, 4) is 0 Å². The van der Waals surface area contributed by atoms with Crippen molar-refractivity contribution in [2.24, 2.45) is 0 Å². The number of aromatic nitrogens is 1. The second-order valence-corrected chi connectivity index (χ2v) is 5.98. The molecule has 1 aromatic heterocycles. The molecule has 1 aliphatic heterocycles.